The average Bonchev–Trinajstić information content (AvgIpc) is 3.26. The number of aryl methyl sites for hydroxylation is 1. The summed E-state index contributed by atoms with van der Waals surface area (Å²) in [5, 5.41) is 6.89. The van der Waals surface area contributed by atoms with Crippen LogP contribution in [0.15, 0.2) is 65.9 Å². The number of hydrogen-bond donors (Lipinski definition) is 2. The molecular formula is C25H31FN6. The minimum absolute atomic E-state index is 0.163. The second kappa shape index (κ2) is 10.3. The van der Waals surface area contributed by atoms with Crippen molar-refractivity contribution in [1.29, 1.82) is 0 Å². The molecule has 168 valence electrons. The van der Waals surface area contributed by atoms with Crippen LogP contribution >= 0.6 is 0 Å². The number of rotatable bonds is 6. The Morgan fingerprint density at radius 2 is 2.06 bits per heavy atom. The van der Waals surface area contributed by atoms with Gasteiger partial charge in [0.2, 0.25) is 0 Å². The molecule has 3 aromatic rings. The number of piperidine rings is 1. The van der Waals surface area contributed by atoms with Gasteiger partial charge in [-0.05, 0) is 43.0 Å². The Morgan fingerprint density at radius 1 is 1.22 bits per heavy atom. The number of aliphatic imine (C=N–C) groups is 1. The smallest absolute Gasteiger partial charge is 0.191 e. The van der Waals surface area contributed by atoms with E-state index >= 15 is 0 Å². The molecular weight excluding hydrogens is 403 g/mol. The Hall–Kier alpha value is -3.35. The fraction of sp³-hybridized carbons (Fsp3) is 0.360. The third kappa shape index (κ3) is 5.46. The van der Waals surface area contributed by atoms with Gasteiger partial charge in [-0.1, -0.05) is 36.4 Å². The zero-order valence-electron chi connectivity index (χ0n) is 18.8. The summed E-state index contributed by atoms with van der Waals surface area (Å²) in [4.78, 5) is 11.0. The second-order valence-electron chi connectivity index (χ2n) is 8.27. The van der Waals surface area contributed by atoms with Crippen LogP contribution in [0.2, 0.25) is 0 Å². The summed E-state index contributed by atoms with van der Waals surface area (Å²) in [5.74, 6) is 1.52. The number of anilines is 1. The molecule has 2 N–H and O–H groups in total. The van der Waals surface area contributed by atoms with E-state index in [-0.39, 0.29) is 11.9 Å². The van der Waals surface area contributed by atoms with Crippen molar-refractivity contribution >= 4 is 11.6 Å². The van der Waals surface area contributed by atoms with Gasteiger partial charge in [0, 0.05) is 45.1 Å². The Balaban J connectivity index is 1.34. The Labute approximate surface area is 189 Å². The molecule has 6 nitrogen and oxygen atoms in total. The van der Waals surface area contributed by atoms with Crippen LogP contribution in [0.4, 0.5) is 10.1 Å². The zero-order valence-corrected chi connectivity index (χ0v) is 18.8. The molecule has 2 heterocycles. The van der Waals surface area contributed by atoms with Gasteiger partial charge in [-0.3, -0.25) is 4.99 Å². The summed E-state index contributed by atoms with van der Waals surface area (Å²) in [5.41, 5.74) is 2.99. The maximum absolute atomic E-state index is 14.4. The summed E-state index contributed by atoms with van der Waals surface area (Å²) in [6, 6.07) is 15.8. The highest BCUT2D eigenvalue weighted by Crippen LogP contribution is 2.24. The number of imidazole rings is 1. The topological polar surface area (TPSA) is 57.5 Å². The Bertz CT molecular complexity index is 1050. The maximum Gasteiger partial charge on any atom is 0.191 e. The van der Waals surface area contributed by atoms with Gasteiger partial charge in [0.15, 0.2) is 5.96 Å². The highest BCUT2D eigenvalue weighted by molar-refractivity contribution is 5.80. The zero-order chi connectivity index (χ0) is 22.3. The first kappa shape index (κ1) is 21.9. The molecule has 0 spiro atoms. The van der Waals surface area contributed by atoms with E-state index in [4.69, 9.17) is 0 Å². The van der Waals surface area contributed by atoms with Crippen LogP contribution < -0.4 is 15.5 Å². The molecule has 32 heavy (non-hydrogen) atoms. The van der Waals surface area contributed by atoms with Gasteiger partial charge in [-0.25, -0.2) is 9.37 Å². The molecule has 1 aromatic heterocycles. The highest BCUT2D eigenvalue weighted by Gasteiger charge is 2.23. The van der Waals surface area contributed by atoms with Gasteiger partial charge in [0.25, 0.3) is 0 Å². The van der Waals surface area contributed by atoms with Crippen molar-refractivity contribution in [3.8, 4) is 0 Å². The number of benzene rings is 2. The van der Waals surface area contributed by atoms with Crippen LogP contribution in [-0.2, 0) is 13.1 Å². The minimum atomic E-state index is -0.163. The summed E-state index contributed by atoms with van der Waals surface area (Å²) in [6.45, 7) is 4.95. The molecule has 0 bridgehead atoms. The third-order valence-electron chi connectivity index (χ3n) is 5.84. The van der Waals surface area contributed by atoms with E-state index in [2.05, 4.69) is 42.2 Å². The van der Waals surface area contributed by atoms with Gasteiger partial charge in [0.05, 0.1) is 12.2 Å². The maximum atomic E-state index is 14.4. The van der Waals surface area contributed by atoms with Crippen LogP contribution in [0.1, 0.15) is 29.8 Å². The van der Waals surface area contributed by atoms with E-state index in [0.29, 0.717) is 12.2 Å². The number of halogens is 1. The quantitative estimate of drug-likeness (QED) is 0.459. The van der Waals surface area contributed by atoms with E-state index in [9.17, 15) is 4.39 Å². The van der Waals surface area contributed by atoms with Crippen LogP contribution in [0.3, 0.4) is 0 Å². The molecule has 0 radical (unpaired) electrons. The van der Waals surface area contributed by atoms with Crippen molar-refractivity contribution in [2.45, 2.75) is 38.9 Å². The van der Waals surface area contributed by atoms with Gasteiger partial charge < -0.3 is 20.1 Å². The van der Waals surface area contributed by atoms with Gasteiger partial charge in [-0.2, -0.15) is 0 Å². The van der Waals surface area contributed by atoms with E-state index in [1.54, 1.807) is 13.1 Å². The summed E-state index contributed by atoms with van der Waals surface area (Å²) < 4.78 is 16.5. The van der Waals surface area contributed by atoms with Crippen molar-refractivity contribution in [1.82, 2.24) is 20.2 Å². The highest BCUT2D eigenvalue weighted by atomic mass is 19.1. The molecule has 1 saturated heterocycles. The van der Waals surface area contributed by atoms with Crippen molar-refractivity contribution in [2.75, 3.05) is 25.0 Å². The van der Waals surface area contributed by atoms with Crippen LogP contribution in [0.5, 0.6) is 0 Å². The van der Waals surface area contributed by atoms with E-state index < -0.39 is 0 Å². The molecule has 1 atom stereocenters. The summed E-state index contributed by atoms with van der Waals surface area (Å²) in [6.07, 6.45) is 5.85. The van der Waals surface area contributed by atoms with Gasteiger partial charge in [-0.15, -0.1) is 0 Å². The largest absolute Gasteiger partial charge is 0.367 e. The number of guanidine groups is 1. The normalized spacial score (nSPS) is 16.8. The first-order chi connectivity index (χ1) is 15.6. The molecule has 1 unspecified atom stereocenters. The van der Waals surface area contributed by atoms with Crippen LogP contribution in [0.25, 0.3) is 0 Å². The standard InChI is InChI=1S/C25H31FN6/c1-19-10-11-22(26)23(15-19)31-13-6-9-21(18-31)30-25(27-2)29-16-24-28-12-14-32(24)17-20-7-4-3-5-8-20/h3-5,7-8,10-12,14-15,21H,6,9,13,16-18H2,1-2H3,(H2,27,29,30). The number of nitrogens with zero attached hydrogens (tertiary/aromatic N) is 4. The molecule has 1 fully saturated rings. The lowest BCUT2D eigenvalue weighted by atomic mass is 10.0. The van der Waals surface area contributed by atoms with E-state index in [1.165, 1.54) is 5.56 Å². The van der Waals surface area contributed by atoms with Crippen molar-refractivity contribution in [3.63, 3.8) is 0 Å². The minimum Gasteiger partial charge on any atom is -0.367 e. The lowest BCUT2D eigenvalue weighted by Gasteiger charge is -2.35. The average molecular weight is 435 g/mol. The van der Waals surface area contributed by atoms with Crippen molar-refractivity contribution in [2.24, 2.45) is 4.99 Å². The molecule has 2 aromatic carbocycles. The van der Waals surface area contributed by atoms with E-state index in [1.807, 2.05) is 49.6 Å². The van der Waals surface area contributed by atoms with Gasteiger partial charge in [0.1, 0.15) is 11.6 Å². The molecule has 0 amide bonds. The van der Waals surface area contributed by atoms with Crippen molar-refractivity contribution < 1.29 is 4.39 Å². The first-order valence-corrected chi connectivity index (χ1v) is 11.1. The number of hydrogen-bond acceptors (Lipinski definition) is 3. The Morgan fingerprint density at radius 3 is 2.88 bits per heavy atom. The summed E-state index contributed by atoms with van der Waals surface area (Å²) in [7, 11) is 1.77. The summed E-state index contributed by atoms with van der Waals surface area (Å²) >= 11 is 0. The number of aromatic nitrogens is 2. The lowest BCUT2D eigenvalue weighted by molar-refractivity contribution is 0.462. The van der Waals surface area contributed by atoms with Crippen LogP contribution in [0, 0.1) is 12.7 Å². The third-order valence-corrected chi connectivity index (χ3v) is 5.84. The first-order valence-electron chi connectivity index (χ1n) is 11.1. The monoisotopic (exact) mass is 434 g/mol. The fourth-order valence-electron chi connectivity index (χ4n) is 4.16. The molecule has 1 aliphatic rings. The Kier molecular flexibility index (Phi) is 7.04. The number of nitrogens with one attached hydrogen (secondary N) is 2. The predicted octanol–water partition coefficient (Wildman–Crippen LogP) is 3.71. The fourth-order valence-corrected chi connectivity index (χ4v) is 4.16. The molecule has 4 rings (SSSR count). The molecule has 0 aliphatic carbocycles. The van der Waals surface area contributed by atoms with Crippen molar-refractivity contribution in [3.05, 3.63) is 83.7 Å². The molecule has 0 saturated carbocycles. The molecule has 7 heteroatoms. The SMILES string of the molecule is CN=C(NCc1nccn1Cc1ccccc1)NC1CCCN(c2cc(C)ccc2F)C1. The predicted molar refractivity (Wildman–Crippen MR) is 127 cm³/mol. The molecule has 1 aliphatic heterocycles. The second-order valence-corrected chi connectivity index (χ2v) is 8.27. The van der Waals surface area contributed by atoms with E-state index in [0.717, 1.165) is 49.8 Å². The van der Waals surface area contributed by atoms with Crippen LogP contribution in [-0.4, -0.2) is 41.7 Å². The lowest BCUT2D eigenvalue weighted by Crippen LogP contribution is -2.51. The van der Waals surface area contributed by atoms with Gasteiger partial charge >= 0.3 is 0 Å².